The van der Waals surface area contributed by atoms with Gasteiger partial charge in [0.1, 0.15) is 0 Å². The molecule has 3 rings (SSSR count). The van der Waals surface area contributed by atoms with Gasteiger partial charge >= 0.3 is 0 Å². The summed E-state index contributed by atoms with van der Waals surface area (Å²) in [6, 6.07) is 5.62. The van der Waals surface area contributed by atoms with Gasteiger partial charge in [-0.25, -0.2) is 9.68 Å². The quantitative estimate of drug-likeness (QED) is 0.780. The molecule has 0 aliphatic carbocycles. The van der Waals surface area contributed by atoms with Crippen LogP contribution < -0.4 is 14.7 Å². The largest absolute Gasteiger partial charge is 0.449 e. The molecule has 0 saturated carbocycles. The average Bonchev–Trinajstić information content (AvgIpc) is 2.61. The number of nitrogens with zero attached hydrogens (tertiary/aromatic N) is 1. The number of hydrogen-bond donors (Lipinski definition) is 0. The number of hydrogen-bond acceptors (Lipinski definition) is 5. The minimum atomic E-state index is -0.618. The zero-order valence-electron chi connectivity index (χ0n) is 11.7. The van der Waals surface area contributed by atoms with Crippen molar-refractivity contribution in [2.24, 2.45) is 5.41 Å². The lowest BCUT2D eigenvalue weighted by atomic mass is 9.96. The molecule has 0 N–H and O–H groups in total. The predicted molar refractivity (Wildman–Crippen MR) is 69.9 cm³/mol. The third kappa shape index (κ3) is 2.48. The molecule has 5 heteroatoms. The summed E-state index contributed by atoms with van der Waals surface area (Å²) >= 11 is 0. The van der Waals surface area contributed by atoms with Crippen LogP contribution in [-0.4, -0.2) is 19.0 Å². The van der Waals surface area contributed by atoms with Gasteiger partial charge in [0, 0.05) is 25.3 Å². The molecule has 2 heterocycles. The van der Waals surface area contributed by atoms with E-state index in [0.29, 0.717) is 19.0 Å². The van der Waals surface area contributed by atoms with Crippen LogP contribution in [-0.2, 0) is 9.68 Å². The van der Waals surface area contributed by atoms with E-state index >= 15 is 0 Å². The summed E-state index contributed by atoms with van der Waals surface area (Å²) in [6.07, 6.45) is 0. The molecule has 0 radical (unpaired) electrons. The fraction of sp³-hybridized carbons (Fsp3) is 0.571. The van der Waals surface area contributed by atoms with Gasteiger partial charge < -0.3 is 9.47 Å². The lowest BCUT2D eigenvalue weighted by Gasteiger charge is -2.35. The maximum Gasteiger partial charge on any atom is 0.246 e. The van der Waals surface area contributed by atoms with Crippen molar-refractivity contribution in [3.63, 3.8) is 0 Å². The molecule has 0 spiro atoms. The Kier molecular flexibility index (Phi) is 2.66. The van der Waals surface area contributed by atoms with Crippen molar-refractivity contribution in [1.29, 1.82) is 0 Å². The van der Waals surface area contributed by atoms with Crippen LogP contribution in [0.15, 0.2) is 18.2 Å². The normalized spacial score (nSPS) is 23.5. The average molecular weight is 265 g/mol. The summed E-state index contributed by atoms with van der Waals surface area (Å²) in [5.41, 5.74) is 0.838. The molecule has 104 valence electrons. The van der Waals surface area contributed by atoms with Crippen LogP contribution in [0.4, 0.5) is 5.69 Å². The molecule has 0 bridgehead atoms. The molecule has 0 atom stereocenters. The fourth-order valence-electron chi connectivity index (χ4n) is 2.02. The summed E-state index contributed by atoms with van der Waals surface area (Å²) in [5, 5.41) is 1.44. The summed E-state index contributed by atoms with van der Waals surface area (Å²) < 4.78 is 11.4. The standard InChI is InChI=1S/C14H19NO4/c1-13(2)8-16-15(17-9-13)10-5-6-11-12(7-10)19-14(3,4)18-11/h5-7H,8-9H2,1-4H3. The van der Waals surface area contributed by atoms with Crippen LogP contribution >= 0.6 is 0 Å². The van der Waals surface area contributed by atoms with Gasteiger partial charge in [-0.1, -0.05) is 13.8 Å². The lowest BCUT2D eigenvalue weighted by molar-refractivity contribution is -0.180. The molecule has 1 aromatic carbocycles. The number of anilines is 1. The minimum absolute atomic E-state index is 0.0365. The molecule has 1 fully saturated rings. The highest BCUT2D eigenvalue weighted by Crippen LogP contribution is 2.42. The molecule has 1 aromatic rings. The Hall–Kier alpha value is -1.46. The predicted octanol–water partition coefficient (Wildman–Crippen LogP) is 2.90. The molecular formula is C14H19NO4. The Morgan fingerprint density at radius 1 is 0.947 bits per heavy atom. The zero-order valence-corrected chi connectivity index (χ0v) is 11.7. The SMILES string of the molecule is CC1(C)CON(c2ccc3c(c2)OC(C)(C)O3)OC1. The molecule has 2 aliphatic rings. The van der Waals surface area contributed by atoms with E-state index in [0.717, 1.165) is 11.4 Å². The van der Waals surface area contributed by atoms with E-state index in [2.05, 4.69) is 13.8 Å². The molecule has 19 heavy (non-hydrogen) atoms. The van der Waals surface area contributed by atoms with Crippen molar-refractivity contribution in [3.8, 4) is 11.5 Å². The van der Waals surface area contributed by atoms with Crippen molar-refractivity contribution in [2.75, 3.05) is 18.4 Å². The van der Waals surface area contributed by atoms with E-state index in [1.807, 2.05) is 32.0 Å². The first-order chi connectivity index (χ1) is 8.85. The van der Waals surface area contributed by atoms with Crippen molar-refractivity contribution in [2.45, 2.75) is 33.5 Å². The first-order valence-corrected chi connectivity index (χ1v) is 6.43. The van der Waals surface area contributed by atoms with Crippen molar-refractivity contribution < 1.29 is 19.1 Å². The second kappa shape index (κ2) is 4.02. The van der Waals surface area contributed by atoms with Crippen LogP contribution in [0.5, 0.6) is 11.5 Å². The molecule has 1 saturated heterocycles. The van der Waals surface area contributed by atoms with Crippen LogP contribution in [0, 0.1) is 5.41 Å². The number of rotatable bonds is 1. The second-order valence-electron chi connectivity index (χ2n) is 6.20. The first-order valence-electron chi connectivity index (χ1n) is 6.43. The summed E-state index contributed by atoms with van der Waals surface area (Å²) in [5.74, 6) is 0.831. The fourth-order valence-corrected chi connectivity index (χ4v) is 2.02. The van der Waals surface area contributed by atoms with Gasteiger partial charge in [0.2, 0.25) is 5.79 Å². The minimum Gasteiger partial charge on any atom is -0.449 e. The highest BCUT2D eigenvalue weighted by atomic mass is 17.0. The molecule has 0 unspecified atom stereocenters. The lowest BCUT2D eigenvalue weighted by Crippen LogP contribution is -2.41. The number of benzene rings is 1. The third-order valence-electron chi connectivity index (χ3n) is 2.99. The van der Waals surface area contributed by atoms with Gasteiger partial charge in [-0.05, 0) is 12.1 Å². The zero-order chi connectivity index (χ0) is 13.7. The van der Waals surface area contributed by atoms with Gasteiger partial charge in [-0.2, -0.15) is 0 Å². The van der Waals surface area contributed by atoms with E-state index in [1.54, 1.807) is 0 Å². The Labute approximate surface area is 112 Å². The molecule has 2 aliphatic heterocycles. The molecule has 0 amide bonds. The van der Waals surface area contributed by atoms with E-state index in [9.17, 15) is 0 Å². The second-order valence-corrected chi connectivity index (χ2v) is 6.20. The van der Waals surface area contributed by atoms with Gasteiger partial charge in [0.15, 0.2) is 11.5 Å². The first kappa shape index (κ1) is 12.6. The monoisotopic (exact) mass is 265 g/mol. The van der Waals surface area contributed by atoms with Crippen LogP contribution in [0.3, 0.4) is 0 Å². The maximum atomic E-state index is 5.71. The van der Waals surface area contributed by atoms with E-state index in [-0.39, 0.29) is 5.41 Å². The maximum absolute atomic E-state index is 5.71. The van der Waals surface area contributed by atoms with Gasteiger partial charge in [-0.15, -0.1) is 5.23 Å². The third-order valence-corrected chi connectivity index (χ3v) is 2.99. The Morgan fingerprint density at radius 2 is 1.58 bits per heavy atom. The highest BCUT2D eigenvalue weighted by molar-refractivity contribution is 5.55. The van der Waals surface area contributed by atoms with E-state index in [1.165, 1.54) is 5.23 Å². The smallest absolute Gasteiger partial charge is 0.246 e. The Bertz CT molecular complexity index is 488. The highest BCUT2D eigenvalue weighted by Gasteiger charge is 2.33. The number of ether oxygens (including phenoxy) is 2. The van der Waals surface area contributed by atoms with Gasteiger partial charge in [0.25, 0.3) is 0 Å². The summed E-state index contributed by atoms with van der Waals surface area (Å²) in [4.78, 5) is 11.2. The van der Waals surface area contributed by atoms with E-state index in [4.69, 9.17) is 19.1 Å². The topological polar surface area (TPSA) is 40.2 Å². The molecule has 5 nitrogen and oxygen atoms in total. The Morgan fingerprint density at radius 3 is 2.26 bits per heavy atom. The van der Waals surface area contributed by atoms with Crippen LogP contribution in [0.1, 0.15) is 27.7 Å². The van der Waals surface area contributed by atoms with Crippen LogP contribution in [0.2, 0.25) is 0 Å². The van der Waals surface area contributed by atoms with Crippen LogP contribution in [0.25, 0.3) is 0 Å². The van der Waals surface area contributed by atoms with Crippen molar-refractivity contribution in [3.05, 3.63) is 18.2 Å². The Balaban J connectivity index is 1.78. The molecular weight excluding hydrogens is 246 g/mol. The molecule has 0 aromatic heterocycles. The van der Waals surface area contributed by atoms with Crippen molar-refractivity contribution >= 4 is 5.69 Å². The van der Waals surface area contributed by atoms with Gasteiger partial charge in [0.05, 0.1) is 18.9 Å². The summed E-state index contributed by atoms with van der Waals surface area (Å²) in [7, 11) is 0. The summed E-state index contributed by atoms with van der Waals surface area (Å²) in [6.45, 7) is 9.20. The van der Waals surface area contributed by atoms with Crippen molar-refractivity contribution in [1.82, 2.24) is 0 Å². The van der Waals surface area contributed by atoms with Gasteiger partial charge in [-0.3, -0.25) is 0 Å². The van der Waals surface area contributed by atoms with E-state index < -0.39 is 5.79 Å². The number of fused-ring (bicyclic) bond motifs is 1.